The van der Waals surface area contributed by atoms with Crippen molar-refractivity contribution >= 4 is 29.9 Å². The average Bonchev–Trinajstić information content (AvgIpc) is 2.50. The van der Waals surface area contributed by atoms with Crippen LogP contribution >= 0.6 is 12.4 Å². The Morgan fingerprint density at radius 3 is 2.65 bits per heavy atom. The number of halogens is 1. The maximum Gasteiger partial charge on any atom is 0.251 e. The van der Waals surface area contributed by atoms with E-state index in [-0.39, 0.29) is 30.3 Å². The summed E-state index contributed by atoms with van der Waals surface area (Å²) in [5, 5.41) is 5.59. The van der Waals surface area contributed by atoms with Gasteiger partial charge in [0.1, 0.15) is 0 Å². The van der Waals surface area contributed by atoms with E-state index in [4.69, 9.17) is 5.73 Å². The van der Waals surface area contributed by atoms with Crippen molar-refractivity contribution in [3.8, 4) is 0 Å². The third-order valence-corrected chi connectivity index (χ3v) is 3.75. The Kier molecular flexibility index (Phi) is 8.02. The molecule has 0 radical (unpaired) electrons. The summed E-state index contributed by atoms with van der Waals surface area (Å²) in [5.41, 5.74) is 7.04. The Labute approximate surface area is 143 Å². The predicted molar refractivity (Wildman–Crippen MR) is 94.0 cm³/mol. The number of nitrogens with one attached hydrogen (secondary N) is 2. The van der Waals surface area contributed by atoms with E-state index in [1.165, 1.54) is 0 Å². The first-order chi connectivity index (χ1) is 10.6. The molecule has 128 valence electrons. The van der Waals surface area contributed by atoms with Gasteiger partial charge in [-0.15, -0.1) is 12.4 Å². The summed E-state index contributed by atoms with van der Waals surface area (Å²) in [7, 11) is 0. The second-order valence-corrected chi connectivity index (χ2v) is 5.60. The van der Waals surface area contributed by atoms with Crippen LogP contribution in [-0.4, -0.2) is 48.9 Å². The van der Waals surface area contributed by atoms with Crippen LogP contribution in [0.5, 0.6) is 0 Å². The number of piperidine rings is 1. The van der Waals surface area contributed by atoms with Gasteiger partial charge in [0.15, 0.2) is 0 Å². The van der Waals surface area contributed by atoms with E-state index in [0.717, 1.165) is 25.9 Å². The summed E-state index contributed by atoms with van der Waals surface area (Å²) in [6, 6.07) is 7.22. The third kappa shape index (κ3) is 6.17. The molecule has 1 aromatic carbocycles. The number of benzene rings is 1. The molecule has 1 aromatic rings. The minimum Gasteiger partial charge on any atom is -0.352 e. The van der Waals surface area contributed by atoms with E-state index in [9.17, 15) is 9.59 Å². The van der Waals surface area contributed by atoms with Crippen LogP contribution < -0.4 is 16.4 Å². The molecule has 2 rings (SSSR count). The van der Waals surface area contributed by atoms with E-state index in [2.05, 4.69) is 15.5 Å². The highest BCUT2D eigenvalue weighted by Gasteiger charge is 2.18. The van der Waals surface area contributed by atoms with E-state index < -0.39 is 0 Å². The minimum atomic E-state index is -0.136. The topological polar surface area (TPSA) is 87.5 Å². The van der Waals surface area contributed by atoms with E-state index in [1.54, 1.807) is 24.3 Å². The van der Waals surface area contributed by atoms with Crippen LogP contribution in [0.1, 0.15) is 30.1 Å². The van der Waals surface area contributed by atoms with Crippen molar-refractivity contribution in [3.63, 3.8) is 0 Å². The van der Waals surface area contributed by atoms with E-state index >= 15 is 0 Å². The Hall–Kier alpha value is -1.63. The lowest BCUT2D eigenvalue weighted by molar-refractivity contribution is -0.117. The monoisotopic (exact) mass is 340 g/mol. The van der Waals surface area contributed by atoms with Crippen LogP contribution in [0.25, 0.3) is 0 Å². The molecule has 1 aliphatic rings. The zero-order chi connectivity index (χ0) is 15.9. The van der Waals surface area contributed by atoms with Gasteiger partial charge in [0, 0.05) is 36.9 Å². The van der Waals surface area contributed by atoms with E-state index in [0.29, 0.717) is 24.3 Å². The molecule has 1 heterocycles. The summed E-state index contributed by atoms with van der Waals surface area (Å²) in [4.78, 5) is 26.0. The summed E-state index contributed by atoms with van der Waals surface area (Å²) in [6.45, 7) is 4.51. The number of hydrogen-bond donors (Lipinski definition) is 3. The highest BCUT2D eigenvalue weighted by atomic mass is 35.5. The Morgan fingerprint density at radius 1 is 1.30 bits per heavy atom. The number of anilines is 1. The number of likely N-dealkylation sites (tertiary alicyclic amines) is 1. The quantitative estimate of drug-likeness (QED) is 0.752. The van der Waals surface area contributed by atoms with Gasteiger partial charge in [-0.05, 0) is 38.0 Å². The third-order valence-electron chi connectivity index (χ3n) is 3.75. The number of rotatable bonds is 5. The van der Waals surface area contributed by atoms with Gasteiger partial charge in [-0.2, -0.15) is 0 Å². The molecule has 23 heavy (non-hydrogen) atoms. The minimum absolute atomic E-state index is 0. The van der Waals surface area contributed by atoms with Crippen LogP contribution in [0.4, 0.5) is 5.69 Å². The number of nitrogens with two attached hydrogens (primary N) is 1. The molecule has 4 N–H and O–H groups in total. The fourth-order valence-electron chi connectivity index (χ4n) is 2.52. The fraction of sp³-hybridized carbons (Fsp3) is 0.500. The van der Waals surface area contributed by atoms with Crippen molar-refractivity contribution < 1.29 is 9.59 Å². The molecule has 0 bridgehead atoms. The van der Waals surface area contributed by atoms with Gasteiger partial charge in [-0.1, -0.05) is 6.07 Å². The molecule has 1 aliphatic heterocycles. The van der Waals surface area contributed by atoms with Gasteiger partial charge in [-0.25, -0.2) is 0 Å². The first-order valence-electron chi connectivity index (χ1n) is 7.74. The van der Waals surface area contributed by atoms with Gasteiger partial charge in [0.05, 0.1) is 6.54 Å². The number of nitrogens with zero attached hydrogens (tertiary/aromatic N) is 1. The molecule has 1 fully saturated rings. The summed E-state index contributed by atoms with van der Waals surface area (Å²) in [6.07, 6.45) is 1.86. The predicted octanol–water partition coefficient (Wildman–Crippen LogP) is 1.22. The maximum absolute atomic E-state index is 12.1. The van der Waals surface area contributed by atoms with Gasteiger partial charge in [-0.3, -0.25) is 14.5 Å². The van der Waals surface area contributed by atoms with Gasteiger partial charge < -0.3 is 16.4 Å². The molecule has 1 saturated heterocycles. The molecule has 7 heteroatoms. The number of carbonyl (C=O) groups excluding carboxylic acids is 2. The molecule has 0 aliphatic carbocycles. The lowest BCUT2D eigenvalue weighted by Crippen LogP contribution is -2.43. The van der Waals surface area contributed by atoms with Crippen LogP contribution in [0.2, 0.25) is 0 Å². The number of hydrogen-bond acceptors (Lipinski definition) is 4. The van der Waals surface area contributed by atoms with Crippen molar-refractivity contribution in [2.75, 3.05) is 31.5 Å². The van der Waals surface area contributed by atoms with Crippen molar-refractivity contribution in [1.82, 2.24) is 10.2 Å². The normalized spacial score (nSPS) is 15.6. The van der Waals surface area contributed by atoms with Crippen LogP contribution in [-0.2, 0) is 4.79 Å². The Bertz CT molecular complexity index is 531. The average molecular weight is 341 g/mol. The zero-order valence-electron chi connectivity index (χ0n) is 13.4. The molecule has 0 unspecified atom stereocenters. The molecule has 0 saturated carbocycles. The molecule has 0 aromatic heterocycles. The Balaban J connectivity index is 0.00000264. The standard InChI is InChI=1S/C16H24N4O2.ClH/c1-2-18-16(22)12-4-3-5-14(10-12)19-15(21)11-20-8-6-13(17)7-9-20;/h3-5,10,13H,2,6-9,11,17H2,1H3,(H,18,22)(H,19,21);1H. The van der Waals surface area contributed by atoms with Crippen LogP contribution in [0, 0.1) is 0 Å². The first kappa shape index (κ1) is 19.4. The van der Waals surface area contributed by atoms with Crippen LogP contribution in [0.15, 0.2) is 24.3 Å². The number of amides is 2. The highest BCUT2D eigenvalue weighted by Crippen LogP contribution is 2.12. The second kappa shape index (κ2) is 9.50. The first-order valence-corrected chi connectivity index (χ1v) is 7.74. The summed E-state index contributed by atoms with van der Waals surface area (Å²) >= 11 is 0. The zero-order valence-corrected chi connectivity index (χ0v) is 14.2. The lowest BCUT2D eigenvalue weighted by atomic mass is 10.1. The maximum atomic E-state index is 12.1. The molecule has 0 spiro atoms. The van der Waals surface area contributed by atoms with Gasteiger partial charge in [0.2, 0.25) is 5.91 Å². The lowest BCUT2D eigenvalue weighted by Gasteiger charge is -2.29. The van der Waals surface area contributed by atoms with E-state index in [1.807, 2.05) is 6.92 Å². The SMILES string of the molecule is CCNC(=O)c1cccc(NC(=O)CN2CCC(N)CC2)c1.Cl. The van der Waals surface area contributed by atoms with Crippen molar-refractivity contribution in [3.05, 3.63) is 29.8 Å². The summed E-state index contributed by atoms with van der Waals surface area (Å²) in [5.74, 6) is -0.202. The molecule has 0 atom stereocenters. The van der Waals surface area contributed by atoms with Crippen molar-refractivity contribution in [2.24, 2.45) is 5.73 Å². The van der Waals surface area contributed by atoms with Gasteiger partial charge >= 0.3 is 0 Å². The second-order valence-electron chi connectivity index (χ2n) is 5.60. The number of carbonyl (C=O) groups is 2. The molecule has 6 nitrogen and oxygen atoms in total. The fourth-order valence-corrected chi connectivity index (χ4v) is 2.52. The summed E-state index contributed by atoms with van der Waals surface area (Å²) < 4.78 is 0. The van der Waals surface area contributed by atoms with Crippen molar-refractivity contribution in [2.45, 2.75) is 25.8 Å². The largest absolute Gasteiger partial charge is 0.352 e. The molecular formula is C16H25ClN4O2. The molecular weight excluding hydrogens is 316 g/mol. The smallest absolute Gasteiger partial charge is 0.251 e. The Morgan fingerprint density at radius 2 is 2.00 bits per heavy atom. The highest BCUT2D eigenvalue weighted by molar-refractivity contribution is 5.97. The van der Waals surface area contributed by atoms with Crippen LogP contribution in [0.3, 0.4) is 0 Å². The molecule has 2 amide bonds. The van der Waals surface area contributed by atoms with Crippen molar-refractivity contribution in [1.29, 1.82) is 0 Å². The van der Waals surface area contributed by atoms with Gasteiger partial charge in [0.25, 0.3) is 5.91 Å².